The molecule has 0 radical (unpaired) electrons. The molecule has 2 aromatic heterocycles. The first-order chi connectivity index (χ1) is 14.4. The Bertz CT molecular complexity index is 1200. The molecule has 152 valence electrons. The van der Waals surface area contributed by atoms with Crippen molar-refractivity contribution in [2.45, 2.75) is 26.9 Å². The van der Waals surface area contributed by atoms with Crippen LogP contribution in [0.4, 0.5) is 5.69 Å². The summed E-state index contributed by atoms with van der Waals surface area (Å²) in [6.07, 6.45) is -0.737. The number of fused-ring (bicyclic) bond motifs is 1. The maximum Gasteiger partial charge on any atom is 0.265 e. The summed E-state index contributed by atoms with van der Waals surface area (Å²) in [5.41, 5.74) is 4.13. The number of aromatic nitrogens is 3. The van der Waals surface area contributed by atoms with Gasteiger partial charge in [-0.3, -0.25) is 4.79 Å². The van der Waals surface area contributed by atoms with E-state index >= 15 is 0 Å². The van der Waals surface area contributed by atoms with Gasteiger partial charge in [-0.15, -0.1) is 0 Å². The molecule has 6 nitrogen and oxygen atoms in total. The van der Waals surface area contributed by atoms with Gasteiger partial charge in [0.1, 0.15) is 0 Å². The van der Waals surface area contributed by atoms with E-state index in [4.69, 9.17) is 16.3 Å². The number of carbonyl (C=O) groups excluding carboxylic acids is 1. The summed E-state index contributed by atoms with van der Waals surface area (Å²) in [5, 5.41) is 9.05. The van der Waals surface area contributed by atoms with E-state index in [-0.39, 0.29) is 5.91 Å². The zero-order valence-electron chi connectivity index (χ0n) is 16.9. The Balaban J connectivity index is 1.61. The fourth-order valence-electron chi connectivity index (χ4n) is 3.30. The van der Waals surface area contributed by atoms with Gasteiger partial charge in [-0.2, -0.15) is 10.1 Å². The van der Waals surface area contributed by atoms with Gasteiger partial charge < -0.3 is 10.1 Å². The van der Waals surface area contributed by atoms with Gasteiger partial charge in [0.15, 0.2) is 11.8 Å². The van der Waals surface area contributed by atoms with Crippen LogP contribution < -0.4 is 10.1 Å². The third-order valence-electron chi connectivity index (χ3n) is 4.77. The van der Waals surface area contributed by atoms with Gasteiger partial charge >= 0.3 is 0 Å². The molecule has 0 saturated heterocycles. The van der Waals surface area contributed by atoms with Gasteiger partial charge in [-0.1, -0.05) is 29.8 Å². The van der Waals surface area contributed by atoms with Crippen LogP contribution in [0.25, 0.3) is 16.7 Å². The molecule has 1 amide bonds. The monoisotopic (exact) mass is 420 g/mol. The quantitative estimate of drug-likeness (QED) is 0.487. The minimum Gasteiger partial charge on any atom is -0.464 e. The van der Waals surface area contributed by atoms with E-state index < -0.39 is 6.10 Å². The first kappa shape index (κ1) is 19.9. The molecule has 0 unspecified atom stereocenters. The molecule has 4 aromatic rings. The maximum absolute atomic E-state index is 12.5. The topological polar surface area (TPSA) is 69.0 Å². The molecule has 0 fully saturated rings. The number of hydrogen-bond donors (Lipinski definition) is 1. The summed E-state index contributed by atoms with van der Waals surface area (Å²) in [6.45, 7) is 5.63. The van der Waals surface area contributed by atoms with Crippen LogP contribution in [-0.2, 0) is 4.79 Å². The summed E-state index contributed by atoms with van der Waals surface area (Å²) in [4.78, 5) is 17.2. The highest BCUT2D eigenvalue weighted by Gasteiger charge is 2.19. The maximum atomic E-state index is 12.5. The molecule has 1 N–H and O–H groups in total. The Kier molecular flexibility index (Phi) is 5.42. The highest BCUT2D eigenvalue weighted by atomic mass is 35.5. The van der Waals surface area contributed by atoms with Gasteiger partial charge in [-0.05, 0) is 62.7 Å². The van der Waals surface area contributed by atoms with Crippen LogP contribution in [0.5, 0.6) is 5.88 Å². The fourth-order valence-corrected chi connectivity index (χ4v) is 3.42. The third-order valence-corrected chi connectivity index (χ3v) is 5.02. The third kappa shape index (κ3) is 4.00. The predicted molar refractivity (Wildman–Crippen MR) is 119 cm³/mol. The van der Waals surface area contributed by atoms with Gasteiger partial charge in [0.25, 0.3) is 5.91 Å². The van der Waals surface area contributed by atoms with E-state index in [9.17, 15) is 4.79 Å². The second kappa shape index (κ2) is 8.16. The smallest absolute Gasteiger partial charge is 0.265 e. The minimum absolute atomic E-state index is 0.273. The zero-order valence-corrected chi connectivity index (χ0v) is 17.6. The van der Waals surface area contributed by atoms with Crippen molar-refractivity contribution in [1.82, 2.24) is 14.8 Å². The van der Waals surface area contributed by atoms with Gasteiger partial charge in [0.2, 0.25) is 5.88 Å². The fraction of sp³-hybridized carbons (Fsp3) is 0.174. The van der Waals surface area contributed by atoms with Crippen LogP contribution in [0.1, 0.15) is 18.2 Å². The molecule has 0 aliphatic rings. The van der Waals surface area contributed by atoms with Crippen molar-refractivity contribution in [2.75, 3.05) is 5.32 Å². The molecule has 0 aliphatic carbocycles. The Morgan fingerprint density at radius 3 is 2.50 bits per heavy atom. The molecule has 7 heteroatoms. The lowest BCUT2D eigenvalue weighted by Gasteiger charge is -2.15. The van der Waals surface area contributed by atoms with E-state index in [0.717, 1.165) is 22.3 Å². The van der Waals surface area contributed by atoms with Crippen molar-refractivity contribution in [2.24, 2.45) is 0 Å². The molecule has 4 rings (SSSR count). The van der Waals surface area contributed by atoms with E-state index in [0.29, 0.717) is 22.2 Å². The number of hydrogen-bond acceptors (Lipinski definition) is 4. The lowest BCUT2D eigenvalue weighted by atomic mass is 10.1. The minimum atomic E-state index is -0.737. The number of nitrogens with zero attached hydrogens (tertiary/aromatic N) is 3. The Labute approximate surface area is 179 Å². The first-order valence-electron chi connectivity index (χ1n) is 9.58. The van der Waals surface area contributed by atoms with Crippen LogP contribution in [0, 0.1) is 13.8 Å². The van der Waals surface area contributed by atoms with E-state index in [2.05, 4.69) is 15.4 Å². The summed E-state index contributed by atoms with van der Waals surface area (Å²) in [6, 6.07) is 18.5. The van der Waals surface area contributed by atoms with E-state index in [1.165, 1.54) is 0 Å². The Hall–Kier alpha value is -3.38. The molecule has 30 heavy (non-hydrogen) atoms. The predicted octanol–water partition coefficient (Wildman–Crippen LogP) is 5.10. The van der Waals surface area contributed by atoms with Crippen LogP contribution >= 0.6 is 11.6 Å². The first-order valence-corrected chi connectivity index (χ1v) is 9.95. The molecule has 2 heterocycles. The number of benzene rings is 2. The Morgan fingerprint density at radius 1 is 1.10 bits per heavy atom. The summed E-state index contributed by atoms with van der Waals surface area (Å²) in [5.74, 6) is 0.0976. The number of amides is 1. The lowest BCUT2D eigenvalue weighted by molar-refractivity contribution is -0.122. The number of ether oxygens (including phenoxy) is 1. The number of halogens is 1. The van der Waals surface area contributed by atoms with Crippen molar-refractivity contribution in [3.05, 3.63) is 76.9 Å². The largest absolute Gasteiger partial charge is 0.464 e. The number of para-hydroxylation sites is 1. The summed E-state index contributed by atoms with van der Waals surface area (Å²) in [7, 11) is 0. The lowest BCUT2D eigenvalue weighted by Crippen LogP contribution is -2.30. The molecule has 0 bridgehead atoms. The number of rotatable bonds is 5. The number of carbonyl (C=O) groups is 1. The SMILES string of the molecule is Cc1cc(O[C@@H](C)C(=O)Nc2ccc(Cl)cc2)nc2c1c(C)nn2-c1ccccc1. The average Bonchev–Trinajstić information content (AvgIpc) is 3.07. The van der Waals surface area contributed by atoms with Gasteiger partial charge in [0.05, 0.1) is 11.4 Å². The molecular weight excluding hydrogens is 400 g/mol. The Morgan fingerprint density at radius 2 is 1.80 bits per heavy atom. The van der Waals surface area contributed by atoms with Crippen LogP contribution in [0.2, 0.25) is 5.02 Å². The van der Waals surface area contributed by atoms with Crippen molar-refractivity contribution in [3.8, 4) is 11.6 Å². The van der Waals surface area contributed by atoms with E-state index in [1.807, 2.05) is 50.2 Å². The highest BCUT2D eigenvalue weighted by Crippen LogP contribution is 2.27. The zero-order chi connectivity index (χ0) is 21.3. The molecule has 0 spiro atoms. The molecule has 1 atom stereocenters. The molecule has 0 saturated carbocycles. The second-order valence-electron chi connectivity index (χ2n) is 7.06. The number of anilines is 1. The van der Waals surface area contributed by atoms with Crippen molar-refractivity contribution in [1.29, 1.82) is 0 Å². The standard InChI is InChI=1S/C23H21ClN4O2/c1-14-13-20(30-16(3)23(29)25-18-11-9-17(24)10-12-18)26-22-21(14)15(2)27-28(22)19-7-5-4-6-8-19/h4-13,16H,1-3H3,(H,25,29)/t16-/m0/s1. The second-order valence-corrected chi connectivity index (χ2v) is 7.50. The van der Waals surface area contributed by atoms with Gasteiger partial charge in [-0.25, -0.2) is 4.68 Å². The summed E-state index contributed by atoms with van der Waals surface area (Å²) < 4.78 is 7.67. The molecular formula is C23H21ClN4O2. The van der Waals surface area contributed by atoms with Crippen LogP contribution in [0.15, 0.2) is 60.7 Å². The number of aryl methyl sites for hydroxylation is 2. The summed E-state index contributed by atoms with van der Waals surface area (Å²) >= 11 is 5.89. The van der Waals surface area contributed by atoms with Crippen LogP contribution in [0.3, 0.4) is 0 Å². The number of pyridine rings is 1. The highest BCUT2D eigenvalue weighted by molar-refractivity contribution is 6.30. The van der Waals surface area contributed by atoms with Crippen molar-refractivity contribution >= 4 is 34.2 Å². The molecule has 2 aromatic carbocycles. The average molecular weight is 421 g/mol. The molecule has 0 aliphatic heterocycles. The van der Waals surface area contributed by atoms with E-state index in [1.54, 1.807) is 35.9 Å². The van der Waals surface area contributed by atoms with Crippen molar-refractivity contribution < 1.29 is 9.53 Å². The number of nitrogens with one attached hydrogen (secondary N) is 1. The van der Waals surface area contributed by atoms with Crippen molar-refractivity contribution in [3.63, 3.8) is 0 Å². The van der Waals surface area contributed by atoms with Crippen LogP contribution in [-0.4, -0.2) is 26.8 Å². The van der Waals surface area contributed by atoms with Gasteiger partial charge in [0, 0.05) is 22.2 Å². The normalized spacial score (nSPS) is 12.0.